The van der Waals surface area contributed by atoms with Crippen LogP contribution in [0.2, 0.25) is 0 Å². The molecular formula is C14H18IN3O. The Morgan fingerprint density at radius 3 is 2.32 bits per heavy atom. The summed E-state index contributed by atoms with van der Waals surface area (Å²) in [5, 5.41) is 15.3. The van der Waals surface area contributed by atoms with Crippen LogP contribution in [0.5, 0.6) is 0 Å². The molecule has 5 heteroatoms. The van der Waals surface area contributed by atoms with Gasteiger partial charge in [0.1, 0.15) is 18.3 Å². The number of benzene rings is 1. The van der Waals surface area contributed by atoms with Gasteiger partial charge >= 0.3 is 0 Å². The maximum atomic E-state index is 11.2. The Morgan fingerprint density at radius 2 is 1.84 bits per heavy atom. The summed E-state index contributed by atoms with van der Waals surface area (Å²) in [6.45, 7) is 6.47. The van der Waals surface area contributed by atoms with E-state index in [4.69, 9.17) is 0 Å². The fourth-order valence-electron chi connectivity index (χ4n) is 2.04. The highest BCUT2D eigenvalue weighted by Crippen LogP contribution is 2.40. The fourth-order valence-corrected chi connectivity index (χ4v) is 2.40. The van der Waals surface area contributed by atoms with Gasteiger partial charge < -0.3 is 5.11 Å². The van der Waals surface area contributed by atoms with Crippen molar-refractivity contribution in [3.63, 3.8) is 0 Å². The predicted octanol–water partition coefficient (Wildman–Crippen LogP) is 2.82. The fraction of sp³-hybridized carbons (Fsp3) is 0.429. The molecule has 0 aliphatic heterocycles. The number of halogens is 1. The summed E-state index contributed by atoms with van der Waals surface area (Å²) in [7, 11) is 0. The van der Waals surface area contributed by atoms with Crippen LogP contribution < -0.4 is 0 Å². The van der Waals surface area contributed by atoms with Gasteiger partial charge in [-0.1, -0.05) is 32.9 Å². The van der Waals surface area contributed by atoms with Gasteiger partial charge in [0.2, 0.25) is 0 Å². The van der Waals surface area contributed by atoms with Gasteiger partial charge in [-0.2, -0.15) is 5.10 Å². The minimum absolute atomic E-state index is 0.314. The second-order valence-corrected chi connectivity index (χ2v) is 6.96. The normalized spacial score (nSPS) is 15.2. The third-order valence-corrected chi connectivity index (χ3v) is 4.14. The molecule has 1 aromatic carbocycles. The highest BCUT2D eigenvalue weighted by molar-refractivity contribution is 14.1. The lowest BCUT2D eigenvalue weighted by atomic mass is 9.72. The minimum Gasteiger partial charge on any atom is -0.383 e. The largest absolute Gasteiger partial charge is 0.383 e. The van der Waals surface area contributed by atoms with Crippen LogP contribution in [0.15, 0.2) is 36.9 Å². The van der Waals surface area contributed by atoms with Crippen LogP contribution in [0.4, 0.5) is 0 Å². The molecule has 0 amide bonds. The van der Waals surface area contributed by atoms with E-state index in [0.29, 0.717) is 6.54 Å². The van der Waals surface area contributed by atoms with Gasteiger partial charge in [-0.05, 0) is 45.7 Å². The van der Waals surface area contributed by atoms with E-state index in [2.05, 4.69) is 32.7 Å². The molecule has 0 saturated carbocycles. The molecule has 0 bridgehead atoms. The second kappa shape index (κ2) is 5.20. The summed E-state index contributed by atoms with van der Waals surface area (Å²) in [5.41, 5.74) is -0.410. The van der Waals surface area contributed by atoms with Crippen LogP contribution in [0.3, 0.4) is 0 Å². The van der Waals surface area contributed by atoms with Crippen molar-refractivity contribution in [1.29, 1.82) is 0 Å². The SMILES string of the molecule is CC(C)(C)C(O)(Cn1cncn1)c1ccc(I)cc1. The van der Waals surface area contributed by atoms with Gasteiger partial charge in [0.25, 0.3) is 0 Å². The molecule has 19 heavy (non-hydrogen) atoms. The van der Waals surface area contributed by atoms with Crippen molar-refractivity contribution >= 4 is 22.6 Å². The zero-order valence-electron chi connectivity index (χ0n) is 11.3. The third-order valence-electron chi connectivity index (χ3n) is 3.42. The molecule has 1 atom stereocenters. The Bertz CT molecular complexity index is 531. The highest BCUT2D eigenvalue weighted by Gasteiger charge is 2.42. The minimum atomic E-state index is -0.995. The van der Waals surface area contributed by atoms with Crippen LogP contribution >= 0.6 is 22.6 Å². The number of rotatable bonds is 3. The van der Waals surface area contributed by atoms with Gasteiger partial charge in [-0.25, -0.2) is 9.67 Å². The topological polar surface area (TPSA) is 50.9 Å². The Kier molecular flexibility index (Phi) is 3.96. The van der Waals surface area contributed by atoms with Crippen molar-refractivity contribution in [3.8, 4) is 0 Å². The van der Waals surface area contributed by atoms with E-state index >= 15 is 0 Å². The number of aromatic nitrogens is 3. The molecule has 0 fully saturated rings. The lowest BCUT2D eigenvalue weighted by Gasteiger charge is -2.40. The smallest absolute Gasteiger partial charge is 0.137 e. The summed E-state index contributed by atoms with van der Waals surface area (Å²) in [6.07, 6.45) is 3.11. The summed E-state index contributed by atoms with van der Waals surface area (Å²) in [4.78, 5) is 3.94. The average Bonchev–Trinajstić information content (AvgIpc) is 2.81. The molecule has 1 unspecified atom stereocenters. The van der Waals surface area contributed by atoms with Crippen LogP contribution in [0.1, 0.15) is 26.3 Å². The van der Waals surface area contributed by atoms with Crippen molar-refractivity contribution in [2.45, 2.75) is 32.9 Å². The van der Waals surface area contributed by atoms with E-state index in [-0.39, 0.29) is 5.41 Å². The Morgan fingerprint density at radius 1 is 1.21 bits per heavy atom. The molecule has 2 rings (SSSR count). The first-order valence-corrected chi connectivity index (χ1v) is 7.22. The summed E-state index contributed by atoms with van der Waals surface area (Å²) < 4.78 is 2.82. The van der Waals surface area contributed by atoms with Crippen LogP contribution in [0, 0.1) is 8.99 Å². The van der Waals surface area contributed by atoms with Crippen LogP contribution in [0.25, 0.3) is 0 Å². The molecule has 0 saturated heterocycles. The molecule has 0 spiro atoms. The highest BCUT2D eigenvalue weighted by atomic mass is 127. The summed E-state index contributed by atoms with van der Waals surface area (Å²) in [5.74, 6) is 0. The van der Waals surface area contributed by atoms with E-state index in [9.17, 15) is 5.11 Å². The van der Waals surface area contributed by atoms with E-state index in [1.165, 1.54) is 6.33 Å². The van der Waals surface area contributed by atoms with Gasteiger partial charge in [0, 0.05) is 3.57 Å². The van der Waals surface area contributed by atoms with E-state index in [1.807, 2.05) is 45.0 Å². The second-order valence-electron chi connectivity index (χ2n) is 5.71. The number of hydrogen-bond acceptors (Lipinski definition) is 3. The Balaban J connectivity index is 2.43. The molecular weight excluding hydrogens is 353 g/mol. The van der Waals surface area contributed by atoms with Gasteiger partial charge in [0.05, 0.1) is 6.54 Å². The summed E-state index contributed by atoms with van der Waals surface area (Å²) in [6, 6.07) is 7.97. The van der Waals surface area contributed by atoms with Gasteiger partial charge in [-0.15, -0.1) is 0 Å². The monoisotopic (exact) mass is 371 g/mol. The lowest BCUT2D eigenvalue weighted by Crippen LogP contribution is -2.44. The molecule has 1 heterocycles. The average molecular weight is 371 g/mol. The molecule has 0 aliphatic carbocycles. The molecule has 1 N–H and O–H groups in total. The molecule has 102 valence electrons. The van der Waals surface area contributed by atoms with E-state index < -0.39 is 5.60 Å². The molecule has 1 aromatic heterocycles. The molecule has 4 nitrogen and oxygen atoms in total. The first kappa shape index (κ1) is 14.5. The lowest BCUT2D eigenvalue weighted by molar-refractivity contribution is -0.0804. The van der Waals surface area contributed by atoms with Crippen molar-refractivity contribution in [3.05, 3.63) is 46.1 Å². The number of aliphatic hydroxyl groups is 1. The first-order valence-electron chi connectivity index (χ1n) is 6.14. The van der Waals surface area contributed by atoms with Gasteiger partial charge in [0.15, 0.2) is 0 Å². The molecule has 0 radical (unpaired) electrons. The molecule has 0 aliphatic rings. The molecule has 2 aromatic rings. The zero-order valence-corrected chi connectivity index (χ0v) is 13.5. The standard InChI is InChI=1S/C14H18IN3O/c1-13(2,3)14(19,8-18-10-16-9-17-18)11-4-6-12(15)7-5-11/h4-7,9-10,19H,8H2,1-3H3. The number of nitrogens with zero attached hydrogens (tertiary/aromatic N) is 3. The van der Waals surface area contributed by atoms with E-state index in [1.54, 1.807) is 11.0 Å². The van der Waals surface area contributed by atoms with Crippen molar-refractivity contribution in [1.82, 2.24) is 14.8 Å². The quantitative estimate of drug-likeness (QED) is 0.845. The Hall–Kier alpha value is -0.950. The summed E-state index contributed by atoms with van der Waals surface area (Å²) >= 11 is 2.26. The maximum absolute atomic E-state index is 11.2. The third kappa shape index (κ3) is 2.97. The maximum Gasteiger partial charge on any atom is 0.137 e. The predicted molar refractivity (Wildman–Crippen MR) is 82.5 cm³/mol. The van der Waals surface area contributed by atoms with Crippen molar-refractivity contribution < 1.29 is 5.11 Å². The van der Waals surface area contributed by atoms with E-state index in [0.717, 1.165) is 9.13 Å². The van der Waals surface area contributed by atoms with Crippen LogP contribution in [-0.2, 0) is 12.1 Å². The first-order chi connectivity index (χ1) is 8.83. The van der Waals surface area contributed by atoms with Crippen LogP contribution in [-0.4, -0.2) is 19.9 Å². The zero-order chi connectivity index (χ0) is 14.1. The Labute approximate surface area is 127 Å². The van der Waals surface area contributed by atoms with Crippen molar-refractivity contribution in [2.75, 3.05) is 0 Å². The van der Waals surface area contributed by atoms with Gasteiger partial charge in [-0.3, -0.25) is 0 Å². The van der Waals surface area contributed by atoms with Crippen molar-refractivity contribution in [2.24, 2.45) is 5.41 Å². The number of hydrogen-bond donors (Lipinski definition) is 1.